The molecule has 0 aliphatic heterocycles. The van der Waals surface area contributed by atoms with E-state index in [1.807, 2.05) is 0 Å². The zero-order valence-corrected chi connectivity index (χ0v) is 21.5. The molecule has 0 radical (unpaired) electrons. The second kappa shape index (κ2) is 9.45. The summed E-state index contributed by atoms with van der Waals surface area (Å²) in [6.07, 6.45) is 0. The standard InChI is InChI=1S/C20H14BrClFN5O5S2/c1-24-14-8-13-10(7-11(14)21)18(29)28(20(31)26-13)15-3-2-9(6-12(15)23)25-19(30)27-35(32,33)17-5-4-16(22)34-17/h2-8,24H,1H3,(H,26,31)(H2,25,27,30). The number of rotatable bonds is 5. The Kier molecular flexibility index (Phi) is 6.73. The molecule has 2 heterocycles. The number of benzene rings is 2. The van der Waals surface area contributed by atoms with Gasteiger partial charge >= 0.3 is 11.7 Å². The largest absolute Gasteiger partial charge is 0.387 e. The number of aromatic nitrogens is 2. The lowest BCUT2D eigenvalue weighted by Gasteiger charge is -2.12. The molecule has 0 saturated carbocycles. The minimum absolute atomic E-state index is 0.116. The highest BCUT2D eigenvalue weighted by atomic mass is 79.9. The van der Waals surface area contributed by atoms with Gasteiger partial charge in [0.25, 0.3) is 15.6 Å². The van der Waals surface area contributed by atoms with Crippen LogP contribution in [0, 0.1) is 5.82 Å². The molecule has 0 unspecified atom stereocenters. The summed E-state index contributed by atoms with van der Waals surface area (Å²) >= 11 is 9.80. The van der Waals surface area contributed by atoms with Crippen molar-refractivity contribution in [2.45, 2.75) is 4.21 Å². The summed E-state index contributed by atoms with van der Waals surface area (Å²) in [4.78, 5) is 40.3. The smallest absolute Gasteiger partial charge is 0.333 e. The number of nitrogens with one attached hydrogen (secondary N) is 4. The van der Waals surface area contributed by atoms with Crippen molar-refractivity contribution < 1.29 is 17.6 Å². The number of thiophene rings is 1. The summed E-state index contributed by atoms with van der Waals surface area (Å²) in [5.41, 5.74) is -1.22. The summed E-state index contributed by atoms with van der Waals surface area (Å²) in [7, 11) is -2.51. The van der Waals surface area contributed by atoms with E-state index in [0.717, 1.165) is 23.5 Å². The fourth-order valence-corrected chi connectivity index (χ4v) is 6.12. The Balaban J connectivity index is 1.64. The Morgan fingerprint density at radius 3 is 2.54 bits per heavy atom. The summed E-state index contributed by atoms with van der Waals surface area (Å²) in [6, 6.07) is 7.67. The first-order valence-corrected chi connectivity index (χ1v) is 13.0. The minimum atomic E-state index is -4.18. The number of sulfonamides is 1. The quantitative estimate of drug-likeness (QED) is 0.273. The summed E-state index contributed by atoms with van der Waals surface area (Å²) in [6.45, 7) is 0. The number of aromatic amines is 1. The summed E-state index contributed by atoms with van der Waals surface area (Å²) in [5, 5.41) is 5.23. The van der Waals surface area contributed by atoms with Crippen LogP contribution in [0.2, 0.25) is 4.34 Å². The lowest BCUT2D eigenvalue weighted by atomic mass is 10.2. The monoisotopic (exact) mass is 601 g/mol. The number of hydrogen-bond donors (Lipinski definition) is 4. The van der Waals surface area contributed by atoms with Gasteiger partial charge in [0.1, 0.15) is 10.0 Å². The fourth-order valence-electron chi connectivity index (χ4n) is 3.18. The number of hydrogen-bond acceptors (Lipinski definition) is 7. The Labute approximate surface area is 213 Å². The number of urea groups is 1. The van der Waals surface area contributed by atoms with E-state index in [2.05, 4.69) is 31.5 Å². The van der Waals surface area contributed by atoms with Crippen molar-refractivity contribution >= 4 is 77.2 Å². The molecule has 15 heteroatoms. The third kappa shape index (κ3) is 4.96. The number of nitrogens with zero attached hydrogens (tertiary/aromatic N) is 1. The van der Waals surface area contributed by atoms with Gasteiger partial charge in [-0.15, -0.1) is 11.3 Å². The van der Waals surface area contributed by atoms with Crippen molar-refractivity contribution in [3.05, 3.63) is 77.9 Å². The molecule has 0 atom stereocenters. The maximum Gasteiger partial charge on any atom is 0.333 e. The Bertz CT molecular complexity index is 1720. The van der Waals surface area contributed by atoms with E-state index in [1.165, 1.54) is 24.3 Å². The van der Waals surface area contributed by atoms with Gasteiger partial charge in [-0.1, -0.05) is 11.6 Å². The molecule has 10 nitrogen and oxygen atoms in total. The molecule has 2 amide bonds. The van der Waals surface area contributed by atoms with Gasteiger partial charge in [-0.3, -0.25) is 4.79 Å². The molecule has 4 N–H and O–H groups in total. The Hall–Kier alpha value is -3.20. The highest BCUT2D eigenvalue weighted by Crippen LogP contribution is 2.27. The SMILES string of the molecule is CNc1cc2[nH]c(=O)n(-c3ccc(NC(=O)NS(=O)(=O)c4ccc(Cl)s4)cc3F)c(=O)c2cc1Br. The van der Waals surface area contributed by atoms with Crippen LogP contribution in [0.5, 0.6) is 0 Å². The van der Waals surface area contributed by atoms with E-state index in [4.69, 9.17) is 11.6 Å². The maximum atomic E-state index is 14.9. The van der Waals surface area contributed by atoms with Gasteiger partial charge in [-0.05, 0) is 58.4 Å². The average Bonchev–Trinajstić information content (AvgIpc) is 3.22. The van der Waals surface area contributed by atoms with E-state index >= 15 is 0 Å². The molecular weight excluding hydrogens is 589 g/mol. The molecule has 2 aromatic carbocycles. The average molecular weight is 603 g/mol. The molecule has 0 fully saturated rings. The van der Waals surface area contributed by atoms with Crippen LogP contribution in [0.15, 0.2) is 60.7 Å². The molecule has 0 bridgehead atoms. The van der Waals surface area contributed by atoms with E-state index in [0.29, 0.717) is 14.7 Å². The second-order valence-electron chi connectivity index (χ2n) is 6.98. The minimum Gasteiger partial charge on any atom is -0.387 e. The van der Waals surface area contributed by atoms with Crippen LogP contribution in [0.4, 0.5) is 20.6 Å². The van der Waals surface area contributed by atoms with Crippen LogP contribution in [-0.2, 0) is 10.0 Å². The van der Waals surface area contributed by atoms with Crippen molar-refractivity contribution in [2.75, 3.05) is 17.7 Å². The van der Waals surface area contributed by atoms with Crippen LogP contribution in [0.1, 0.15) is 0 Å². The molecule has 0 spiro atoms. The number of anilines is 2. The number of amides is 2. The fraction of sp³-hybridized carbons (Fsp3) is 0.0500. The first kappa shape index (κ1) is 24.9. The van der Waals surface area contributed by atoms with Gasteiger partial charge in [0, 0.05) is 17.2 Å². The van der Waals surface area contributed by atoms with E-state index in [-0.39, 0.29) is 30.8 Å². The van der Waals surface area contributed by atoms with Crippen LogP contribution in [-0.4, -0.2) is 31.0 Å². The van der Waals surface area contributed by atoms with Crippen molar-refractivity contribution in [3.63, 3.8) is 0 Å². The highest BCUT2D eigenvalue weighted by molar-refractivity contribution is 9.10. The van der Waals surface area contributed by atoms with E-state index in [9.17, 15) is 27.2 Å². The zero-order chi connectivity index (χ0) is 25.5. The van der Waals surface area contributed by atoms with Gasteiger partial charge in [-0.2, -0.15) is 0 Å². The van der Waals surface area contributed by atoms with Crippen LogP contribution in [0.25, 0.3) is 16.6 Å². The van der Waals surface area contributed by atoms with Crippen molar-refractivity contribution in [3.8, 4) is 5.69 Å². The summed E-state index contributed by atoms with van der Waals surface area (Å²) in [5.74, 6) is -1.01. The molecule has 0 aliphatic carbocycles. The number of fused-ring (bicyclic) bond motifs is 1. The lowest BCUT2D eigenvalue weighted by Crippen LogP contribution is -2.35. The summed E-state index contributed by atoms with van der Waals surface area (Å²) < 4.78 is 42.4. The molecule has 0 saturated heterocycles. The molecule has 4 aromatic rings. The maximum absolute atomic E-state index is 14.9. The second-order valence-corrected chi connectivity index (χ2v) is 11.5. The van der Waals surface area contributed by atoms with Crippen LogP contribution < -0.4 is 26.6 Å². The van der Waals surface area contributed by atoms with Gasteiger partial charge in [0.05, 0.1) is 26.6 Å². The van der Waals surface area contributed by atoms with Gasteiger partial charge < -0.3 is 15.6 Å². The van der Waals surface area contributed by atoms with Gasteiger partial charge in [0.2, 0.25) is 0 Å². The molecule has 35 heavy (non-hydrogen) atoms. The van der Waals surface area contributed by atoms with Gasteiger partial charge in [-0.25, -0.2) is 31.7 Å². The lowest BCUT2D eigenvalue weighted by molar-refractivity contribution is 0.256. The topological polar surface area (TPSA) is 142 Å². The first-order chi connectivity index (χ1) is 16.5. The number of carbonyl (C=O) groups excluding carboxylic acids is 1. The molecule has 182 valence electrons. The molecule has 4 rings (SSSR count). The first-order valence-electron chi connectivity index (χ1n) is 9.55. The van der Waals surface area contributed by atoms with Crippen LogP contribution in [0.3, 0.4) is 0 Å². The molecular formula is C20H14BrClFN5O5S2. The number of H-pyrrole nitrogens is 1. The third-order valence-corrected chi connectivity index (χ3v) is 8.45. The number of carbonyl (C=O) groups is 1. The predicted octanol–water partition coefficient (Wildman–Crippen LogP) is 3.85. The normalized spacial score (nSPS) is 11.4. The van der Waals surface area contributed by atoms with Gasteiger partial charge in [0.15, 0.2) is 0 Å². The highest BCUT2D eigenvalue weighted by Gasteiger charge is 2.21. The van der Waals surface area contributed by atoms with Crippen LogP contribution >= 0.6 is 38.9 Å². The zero-order valence-electron chi connectivity index (χ0n) is 17.5. The Morgan fingerprint density at radius 1 is 1.17 bits per heavy atom. The van der Waals surface area contributed by atoms with Crippen molar-refractivity contribution in [1.82, 2.24) is 14.3 Å². The Morgan fingerprint density at radius 2 is 1.91 bits per heavy atom. The molecule has 2 aromatic heterocycles. The van der Waals surface area contributed by atoms with E-state index < -0.39 is 33.1 Å². The van der Waals surface area contributed by atoms with E-state index in [1.54, 1.807) is 17.8 Å². The number of halogens is 3. The third-order valence-electron chi connectivity index (χ3n) is 4.74. The van der Waals surface area contributed by atoms with Crippen molar-refractivity contribution in [1.29, 1.82) is 0 Å². The molecule has 0 aliphatic rings. The predicted molar refractivity (Wildman–Crippen MR) is 136 cm³/mol. The van der Waals surface area contributed by atoms with Crippen molar-refractivity contribution in [2.24, 2.45) is 0 Å².